The Morgan fingerprint density at radius 3 is 1.18 bits per heavy atom. The molecule has 4 aliphatic rings. The summed E-state index contributed by atoms with van der Waals surface area (Å²) >= 11 is 3.83. The quantitative estimate of drug-likeness (QED) is 0.0915. The van der Waals surface area contributed by atoms with Gasteiger partial charge in [0.25, 0.3) is 11.8 Å². The second-order valence-electron chi connectivity index (χ2n) is 15.4. The van der Waals surface area contributed by atoms with Gasteiger partial charge in [-0.05, 0) is 6.92 Å². The Kier molecular flexibility index (Phi) is 27.4. The number of aliphatic hydroxyl groups is 15. The Bertz CT molecular complexity index is 1530. The molecule has 30 heteroatoms. The van der Waals surface area contributed by atoms with E-state index >= 15 is 0 Å². The molecular weight excluding hydrogens is 978 g/mol. The van der Waals surface area contributed by atoms with Crippen LogP contribution in [-0.2, 0) is 19.2 Å². The van der Waals surface area contributed by atoms with E-state index in [0.717, 1.165) is 30.4 Å². The van der Waals surface area contributed by atoms with Crippen LogP contribution in [0.4, 0.5) is 13.2 Å². The smallest absolute Gasteiger partial charge is 0.321 e. The molecule has 0 bridgehead atoms. The normalized spacial score (nSPS) is 39.4. The summed E-state index contributed by atoms with van der Waals surface area (Å²) in [5.74, 6) is -6.81. The van der Waals surface area contributed by atoms with Crippen molar-refractivity contribution in [2.45, 2.75) is 169 Å². The molecule has 0 aromatic heterocycles. The van der Waals surface area contributed by atoms with Crippen LogP contribution in [0.15, 0.2) is 0 Å². The van der Waals surface area contributed by atoms with E-state index in [2.05, 4.69) is 16.0 Å². The number of hydrogen-bond acceptors (Lipinski definition) is 23. The molecule has 4 saturated heterocycles. The van der Waals surface area contributed by atoms with Gasteiger partial charge in [-0.2, -0.15) is 8.78 Å². The summed E-state index contributed by atoms with van der Waals surface area (Å²) in [5, 5.41) is 148. The lowest BCUT2D eigenvalue weighted by molar-refractivity contribution is -0.146. The van der Waals surface area contributed by atoms with Gasteiger partial charge in [-0.3, -0.25) is 19.2 Å². The highest BCUT2D eigenvalue weighted by Gasteiger charge is 2.48. The zero-order chi connectivity index (χ0) is 51.1. The summed E-state index contributed by atoms with van der Waals surface area (Å²) in [6, 6.07) is -3.96. The minimum absolute atomic E-state index is 0. The highest BCUT2D eigenvalue weighted by molar-refractivity contribution is 8.01. The van der Waals surface area contributed by atoms with Crippen LogP contribution < -0.4 is 21.3 Å². The number of nitrogens with one attached hydrogen (secondary N) is 4. The molecule has 4 aliphatic heterocycles. The molecule has 23 nitrogen and oxygen atoms in total. The lowest BCUT2D eigenvalue weighted by Crippen LogP contribution is -2.62. The fourth-order valence-electron chi connectivity index (χ4n) is 6.34. The molecule has 4 fully saturated rings. The van der Waals surface area contributed by atoms with Crippen molar-refractivity contribution in [3.05, 3.63) is 0 Å². The second-order valence-corrected chi connectivity index (χ2v) is 21.1. The van der Waals surface area contributed by atoms with Gasteiger partial charge in [0.2, 0.25) is 11.8 Å². The maximum atomic E-state index is 12.7. The molecule has 0 aromatic carbocycles. The molecule has 13 unspecified atom stereocenters. The predicted molar refractivity (Wildman–Crippen MR) is 241 cm³/mol. The molecule has 21 atom stereocenters. The fourth-order valence-corrected chi connectivity index (χ4v) is 11.2. The summed E-state index contributed by atoms with van der Waals surface area (Å²) in [5.41, 5.74) is -3.65. The first-order chi connectivity index (χ1) is 30.5. The standard InChI is InChI=1S/C9H15F2NO5S.C9H16FNO5S.C9H17NO5S.C9H17NO4S.3H2/c1-9(10,11)8(17)12-4-6(15)5(14)3(2-13)18-7(4)16;1-3(10)8(15)11-5-7(14)6(13)4(2-12)17-9(5)16;1-2-5(12)10-6-8(14)7(13)4(3-11)16-9(6)15;1-4-7(10-5(2)12)9(14)8(13)6(3-11)15-4;;;/h3-7,13-16H,2H2,1H3,(H,12,17);3-7,9,12-14,16H,2H2,1H3,(H,11,15);4,6-9,11,13-15H,2-3H2,1H3,(H,10,12);4,6-9,11,13-14H,3H2,1-2H3,(H,10,12);3*1H/t3?,4?,5-,6-,7?;3?,4?,5?,6-,7-,9?;4?,6?,7-,8-,9?;4?,6?,7?,8-,9-;;;/m1111.../s1. The number of amides is 4. The predicted octanol–water partition coefficient (Wildman–Crippen LogP) is -6.27. The molecule has 394 valence electrons. The van der Waals surface area contributed by atoms with Gasteiger partial charge in [0, 0.05) is 29.8 Å². The molecule has 4 heterocycles. The SMILES string of the molecule is CC(=O)NC1C(C)SC(CO)[C@@H](O)[C@@H]1O.CC(F)(F)C(=O)NC1C(O)SC(CO)[C@@H](O)[C@@H]1O.CC(F)C(=O)NC1C(O)SC(CO)[C@@H](O)[C@@H]1O.CCC(=O)NC1C(O)SC(CO)[C@@H](O)[C@@H]1O.[HH].[HH].[HH]. The largest absolute Gasteiger partial charge is 0.395 e. The van der Waals surface area contributed by atoms with Crippen molar-refractivity contribution < 1.29 is 113 Å². The summed E-state index contributed by atoms with van der Waals surface area (Å²) < 4.78 is 38.0. The zero-order valence-electron chi connectivity index (χ0n) is 36.3. The van der Waals surface area contributed by atoms with Crippen LogP contribution >= 0.6 is 47.0 Å². The number of alkyl halides is 3. The van der Waals surface area contributed by atoms with Gasteiger partial charge >= 0.3 is 5.92 Å². The molecule has 19 N–H and O–H groups in total. The first-order valence-corrected chi connectivity index (χ1v) is 24.0. The Labute approximate surface area is 399 Å². The average Bonchev–Trinajstić information content (AvgIpc) is 3.26. The molecule has 0 aliphatic carbocycles. The maximum Gasteiger partial charge on any atom is 0.321 e. The lowest BCUT2D eigenvalue weighted by atomic mass is 9.99. The van der Waals surface area contributed by atoms with Crippen LogP contribution in [-0.4, -0.2) is 254 Å². The number of halogens is 3. The molecule has 4 amide bonds. The highest BCUT2D eigenvalue weighted by atomic mass is 32.2. The van der Waals surface area contributed by atoms with Crippen LogP contribution in [0.5, 0.6) is 0 Å². The van der Waals surface area contributed by atoms with Crippen LogP contribution in [0, 0.1) is 0 Å². The lowest BCUT2D eigenvalue weighted by Gasteiger charge is -2.40. The Hall–Kier alpha value is -1.53. The van der Waals surface area contributed by atoms with Crippen molar-refractivity contribution in [3.8, 4) is 0 Å². The third-order valence-corrected chi connectivity index (χ3v) is 15.8. The fraction of sp³-hybridized carbons (Fsp3) is 0.889. The van der Waals surface area contributed by atoms with E-state index in [1.54, 1.807) is 12.2 Å². The zero-order valence-corrected chi connectivity index (χ0v) is 39.5. The van der Waals surface area contributed by atoms with E-state index in [-0.39, 0.29) is 46.2 Å². The summed E-state index contributed by atoms with van der Waals surface area (Å²) in [4.78, 5) is 44.2. The summed E-state index contributed by atoms with van der Waals surface area (Å²) in [6.07, 6.45) is -11.8. The minimum atomic E-state index is -3.65. The van der Waals surface area contributed by atoms with Gasteiger partial charge in [-0.1, -0.05) is 13.8 Å². The number of carbonyl (C=O) groups is 4. The second kappa shape index (κ2) is 29.0. The monoisotopic (exact) mass is 1050 g/mol. The van der Waals surface area contributed by atoms with Crippen molar-refractivity contribution in [1.82, 2.24) is 21.3 Å². The van der Waals surface area contributed by atoms with E-state index < -0.39 is 142 Å². The van der Waals surface area contributed by atoms with Crippen molar-refractivity contribution in [1.29, 1.82) is 0 Å². The van der Waals surface area contributed by atoms with E-state index in [4.69, 9.17) is 20.4 Å². The number of hydrogen-bond donors (Lipinski definition) is 19. The van der Waals surface area contributed by atoms with Gasteiger partial charge in [-0.25, -0.2) is 4.39 Å². The van der Waals surface area contributed by atoms with Gasteiger partial charge in [-0.15, -0.1) is 47.0 Å². The van der Waals surface area contributed by atoms with Crippen molar-refractivity contribution in [2.24, 2.45) is 0 Å². The van der Waals surface area contributed by atoms with Gasteiger partial charge in [0.05, 0.1) is 96.0 Å². The molecule has 0 saturated carbocycles. The van der Waals surface area contributed by atoms with Crippen molar-refractivity contribution in [3.63, 3.8) is 0 Å². The number of aliphatic hydroxyl groups excluding tert-OH is 15. The van der Waals surface area contributed by atoms with E-state index in [9.17, 15) is 88.5 Å². The van der Waals surface area contributed by atoms with Crippen LogP contribution in [0.25, 0.3) is 0 Å². The topological polar surface area (TPSA) is 420 Å². The molecule has 66 heavy (non-hydrogen) atoms. The van der Waals surface area contributed by atoms with Crippen LogP contribution in [0.2, 0.25) is 0 Å². The van der Waals surface area contributed by atoms with Crippen molar-refractivity contribution >= 4 is 70.7 Å². The summed E-state index contributed by atoms with van der Waals surface area (Å²) in [7, 11) is 0. The third-order valence-electron chi connectivity index (χ3n) is 10.3. The maximum absolute atomic E-state index is 12.7. The molecule has 0 radical (unpaired) electrons. The number of rotatable bonds is 11. The first-order valence-electron chi connectivity index (χ1n) is 20.3. The number of carbonyl (C=O) groups excluding carboxylic acids is 4. The number of thioether (sulfide) groups is 4. The van der Waals surface area contributed by atoms with Crippen LogP contribution in [0.3, 0.4) is 0 Å². The van der Waals surface area contributed by atoms with Gasteiger partial charge in [0.1, 0.15) is 40.7 Å². The van der Waals surface area contributed by atoms with Crippen molar-refractivity contribution in [2.75, 3.05) is 26.4 Å². The minimum Gasteiger partial charge on any atom is -0.395 e. The Balaban J connectivity index is -0.000000831. The Morgan fingerprint density at radius 1 is 0.561 bits per heavy atom. The van der Waals surface area contributed by atoms with E-state index in [0.29, 0.717) is 18.7 Å². The molecular formula is C36H71F3N4O19S4. The van der Waals surface area contributed by atoms with Gasteiger partial charge in [0.15, 0.2) is 6.17 Å². The van der Waals surface area contributed by atoms with Gasteiger partial charge < -0.3 is 97.9 Å². The Morgan fingerprint density at radius 2 is 0.879 bits per heavy atom. The summed E-state index contributed by atoms with van der Waals surface area (Å²) in [6.45, 7) is 4.84. The third kappa shape index (κ3) is 18.0. The molecule has 0 spiro atoms. The average molecular weight is 1050 g/mol. The van der Waals surface area contributed by atoms with E-state index in [1.165, 1.54) is 18.7 Å². The first kappa shape index (κ1) is 62.5. The van der Waals surface area contributed by atoms with Crippen LogP contribution in [0.1, 0.15) is 45.3 Å². The van der Waals surface area contributed by atoms with E-state index in [1.807, 2.05) is 6.92 Å². The molecule has 0 aromatic rings. The molecule has 4 rings (SSSR count). The highest BCUT2D eigenvalue weighted by Crippen LogP contribution is 2.34.